The molecule has 2 N–H and O–H groups in total. The second-order valence-corrected chi connectivity index (χ2v) is 6.57. The predicted molar refractivity (Wildman–Crippen MR) is 85.9 cm³/mol. The molecule has 122 valence electrons. The summed E-state index contributed by atoms with van der Waals surface area (Å²) in [5, 5.41) is 12.0. The first-order valence-corrected chi connectivity index (χ1v) is 8.17. The Morgan fingerprint density at radius 2 is 2.09 bits per heavy atom. The number of nitrogens with zero attached hydrogens (tertiary/aromatic N) is 1. The number of pyridine rings is 1. The zero-order valence-electron chi connectivity index (χ0n) is 12.7. The number of carbonyl (C=O) groups is 1. The summed E-state index contributed by atoms with van der Waals surface area (Å²) in [6, 6.07) is 1.56. The molecule has 1 aromatic heterocycles. The van der Waals surface area contributed by atoms with Crippen LogP contribution in [-0.4, -0.2) is 33.8 Å². The first kappa shape index (κ1) is 17.0. The third-order valence-electron chi connectivity index (χ3n) is 3.84. The third-order valence-corrected chi connectivity index (χ3v) is 4.43. The van der Waals surface area contributed by atoms with Crippen molar-refractivity contribution in [2.45, 2.75) is 50.9 Å². The van der Waals surface area contributed by atoms with Crippen molar-refractivity contribution < 1.29 is 14.6 Å². The highest BCUT2D eigenvalue weighted by atomic mass is 79.9. The van der Waals surface area contributed by atoms with Crippen LogP contribution in [0.4, 0.5) is 0 Å². The van der Waals surface area contributed by atoms with Gasteiger partial charge < -0.3 is 19.7 Å². The first-order chi connectivity index (χ1) is 10.4. The van der Waals surface area contributed by atoms with Crippen LogP contribution in [0.3, 0.4) is 0 Å². The standard InChI is InChI=1S/C15H21BrN2O4/c1-9(19)15(21)17-10-3-5-11(6-4-10)22-13-7-14(20)18(2)8-12(13)16/h7-11,19H,3-6H2,1-2H3,(H,17,21)/t9?,10-,11-. The molecule has 0 aromatic carbocycles. The molecule has 1 aliphatic carbocycles. The molecule has 7 heteroatoms. The van der Waals surface area contributed by atoms with Gasteiger partial charge in [-0.15, -0.1) is 0 Å². The number of hydrogen-bond acceptors (Lipinski definition) is 4. The third kappa shape index (κ3) is 4.33. The van der Waals surface area contributed by atoms with Crippen LogP contribution in [0, 0.1) is 0 Å². The molecular weight excluding hydrogens is 352 g/mol. The van der Waals surface area contributed by atoms with E-state index in [0.29, 0.717) is 5.75 Å². The van der Waals surface area contributed by atoms with Gasteiger partial charge in [0.15, 0.2) is 0 Å². The summed E-state index contributed by atoms with van der Waals surface area (Å²) in [7, 11) is 1.69. The maximum Gasteiger partial charge on any atom is 0.254 e. The molecule has 1 aromatic rings. The Morgan fingerprint density at radius 3 is 2.68 bits per heavy atom. The Morgan fingerprint density at radius 1 is 1.45 bits per heavy atom. The molecule has 1 amide bonds. The van der Waals surface area contributed by atoms with E-state index in [1.54, 1.807) is 13.2 Å². The molecule has 1 unspecified atom stereocenters. The van der Waals surface area contributed by atoms with Crippen LogP contribution in [0.15, 0.2) is 21.5 Å². The molecule has 0 radical (unpaired) electrons. The predicted octanol–water partition coefficient (Wildman–Crippen LogP) is 1.33. The summed E-state index contributed by atoms with van der Waals surface area (Å²) < 4.78 is 8.14. The largest absolute Gasteiger partial charge is 0.489 e. The van der Waals surface area contributed by atoms with Gasteiger partial charge in [0.25, 0.3) is 5.56 Å². The minimum atomic E-state index is -0.981. The summed E-state index contributed by atoms with van der Waals surface area (Å²) in [6.45, 7) is 1.46. The number of halogens is 1. The van der Waals surface area contributed by atoms with Crippen molar-refractivity contribution in [3.63, 3.8) is 0 Å². The Labute approximate surface area is 137 Å². The molecule has 0 aliphatic heterocycles. The van der Waals surface area contributed by atoms with E-state index in [1.165, 1.54) is 17.6 Å². The lowest BCUT2D eigenvalue weighted by atomic mass is 9.92. The fraction of sp³-hybridized carbons (Fsp3) is 0.600. The highest BCUT2D eigenvalue weighted by molar-refractivity contribution is 9.10. The molecule has 22 heavy (non-hydrogen) atoms. The molecule has 0 saturated heterocycles. The van der Waals surface area contributed by atoms with Gasteiger partial charge in [0, 0.05) is 25.4 Å². The molecule has 0 bridgehead atoms. The summed E-state index contributed by atoms with van der Waals surface area (Å²) in [5.74, 6) is 0.221. The van der Waals surface area contributed by atoms with E-state index in [4.69, 9.17) is 4.74 Å². The average Bonchev–Trinajstić information content (AvgIpc) is 2.46. The fourth-order valence-corrected chi connectivity index (χ4v) is 3.01. The minimum absolute atomic E-state index is 0.0307. The number of aryl methyl sites for hydroxylation is 1. The zero-order valence-corrected chi connectivity index (χ0v) is 14.3. The first-order valence-electron chi connectivity index (χ1n) is 7.38. The van der Waals surface area contributed by atoms with Crippen LogP contribution in [0.5, 0.6) is 5.75 Å². The van der Waals surface area contributed by atoms with E-state index < -0.39 is 6.10 Å². The number of rotatable bonds is 4. The van der Waals surface area contributed by atoms with E-state index in [0.717, 1.165) is 30.2 Å². The Hall–Kier alpha value is -1.34. The van der Waals surface area contributed by atoms with Gasteiger partial charge >= 0.3 is 0 Å². The summed E-state index contributed by atoms with van der Waals surface area (Å²) in [5.41, 5.74) is -0.115. The van der Waals surface area contributed by atoms with Crippen LogP contribution in [0.1, 0.15) is 32.6 Å². The van der Waals surface area contributed by atoms with Gasteiger partial charge in [-0.1, -0.05) is 0 Å². The van der Waals surface area contributed by atoms with Crippen LogP contribution in [-0.2, 0) is 11.8 Å². The Bertz CT molecular complexity index is 592. The number of nitrogens with one attached hydrogen (secondary N) is 1. The number of aromatic nitrogens is 1. The van der Waals surface area contributed by atoms with E-state index >= 15 is 0 Å². The van der Waals surface area contributed by atoms with E-state index in [1.807, 2.05) is 0 Å². The van der Waals surface area contributed by atoms with Crippen molar-refractivity contribution in [3.8, 4) is 5.75 Å². The number of carbonyl (C=O) groups excluding carboxylic acids is 1. The van der Waals surface area contributed by atoms with Gasteiger partial charge in [-0.25, -0.2) is 0 Å². The van der Waals surface area contributed by atoms with Crippen LogP contribution >= 0.6 is 15.9 Å². The second kappa shape index (κ2) is 7.28. The Balaban J connectivity index is 1.89. The quantitative estimate of drug-likeness (QED) is 0.835. The molecule has 1 fully saturated rings. The van der Waals surface area contributed by atoms with Gasteiger partial charge in [0.2, 0.25) is 5.91 Å². The van der Waals surface area contributed by atoms with Gasteiger partial charge in [-0.05, 0) is 48.5 Å². The van der Waals surface area contributed by atoms with Crippen molar-refractivity contribution in [1.82, 2.24) is 9.88 Å². The second-order valence-electron chi connectivity index (χ2n) is 5.71. The highest BCUT2D eigenvalue weighted by Gasteiger charge is 2.25. The monoisotopic (exact) mass is 372 g/mol. The smallest absolute Gasteiger partial charge is 0.254 e. The number of aliphatic hydroxyl groups excluding tert-OH is 1. The molecule has 6 nitrogen and oxygen atoms in total. The van der Waals surface area contributed by atoms with E-state index in [9.17, 15) is 14.7 Å². The number of ether oxygens (including phenoxy) is 1. The van der Waals surface area contributed by atoms with Gasteiger partial charge in [0.1, 0.15) is 11.9 Å². The average molecular weight is 373 g/mol. The Kier molecular flexibility index (Phi) is 5.63. The number of amides is 1. The lowest BCUT2D eigenvalue weighted by molar-refractivity contribution is -0.129. The SMILES string of the molecule is CC(O)C(=O)N[C@H]1CC[C@H](Oc2cc(=O)n(C)cc2Br)CC1. The zero-order chi connectivity index (χ0) is 16.3. The van der Waals surface area contributed by atoms with Crippen molar-refractivity contribution in [2.24, 2.45) is 7.05 Å². The van der Waals surface area contributed by atoms with Crippen molar-refractivity contribution in [2.75, 3.05) is 0 Å². The van der Waals surface area contributed by atoms with E-state index in [-0.39, 0.29) is 23.6 Å². The van der Waals surface area contributed by atoms with Crippen molar-refractivity contribution in [3.05, 3.63) is 27.1 Å². The van der Waals surface area contributed by atoms with E-state index in [2.05, 4.69) is 21.2 Å². The lowest BCUT2D eigenvalue weighted by Gasteiger charge is -2.30. The minimum Gasteiger partial charge on any atom is -0.489 e. The molecule has 1 saturated carbocycles. The molecular formula is C15H21BrN2O4. The van der Waals surface area contributed by atoms with Crippen LogP contribution in [0.2, 0.25) is 0 Å². The topological polar surface area (TPSA) is 80.6 Å². The summed E-state index contributed by atoms with van der Waals surface area (Å²) >= 11 is 3.40. The van der Waals surface area contributed by atoms with Crippen molar-refractivity contribution >= 4 is 21.8 Å². The van der Waals surface area contributed by atoms with Gasteiger partial charge in [-0.3, -0.25) is 9.59 Å². The van der Waals surface area contributed by atoms with Gasteiger partial charge in [0.05, 0.1) is 10.6 Å². The van der Waals surface area contributed by atoms with Crippen molar-refractivity contribution in [1.29, 1.82) is 0 Å². The number of aliphatic hydroxyl groups is 1. The molecule has 1 heterocycles. The normalized spacial score (nSPS) is 22.9. The molecule has 1 atom stereocenters. The number of hydrogen-bond donors (Lipinski definition) is 2. The maximum absolute atomic E-state index is 11.7. The van der Waals surface area contributed by atoms with Crippen LogP contribution in [0.25, 0.3) is 0 Å². The molecule has 0 spiro atoms. The van der Waals surface area contributed by atoms with Gasteiger partial charge in [-0.2, -0.15) is 0 Å². The highest BCUT2D eigenvalue weighted by Crippen LogP contribution is 2.28. The fourth-order valence-electron chi connectivity index (χ4n) is 2.50. The van der Waals surface area contributed by atoms with Crippen LogP contribution < -0.4 is 15.6 Å². The summed E-state index contributed by atoms with van der Waals surface area (Å²) in [4.78, 5) is 23.1. The molecule has 1 aliphatic rings. The lowest BCUT2D eigenvalue weighted by Crippen LogP contribution is -2.43. The molecule has 2 rings (SSSR count). The maximum atomic E-state index is 11.7. The summed E-state index contributed by atoms with van der Waals surface area (Å²) in [6.07, 6.45) is 3.93.